The fourth-order valence-electron chi connectivity index (χ4n) is 1.92. The molecule has 2 aromatic rings. The summed E-state index contributed by atoms with van der Waals surface area (Å²) < 4.78 is 27.3. The molecule has 2 aromatic carbocycles. The van der Waals surface area contributed by atoms with E-state index in [1.807, 2.05) is 6.92 Å². The van der Waals surface area contributed by atoms with Gasteiger partial charge in [-0.3, -0.25) is 9.52 Å². The molecule has 0 aliphatic heterocycles. The molecule has 0 saturated carbocycles. The third-order valence-electron chi connectivity index (χ3n) is 3.20. The molecule has 0 saturated heterocycles. The van der Waals surface area contributed by atoms with Crippen LogP contribution in [0, 0.1) is 6.92 Å². The van der Waals surface area contributed by atoms with E-state index < -0.39 is 10.0 Å². The highest BCUT2D eigenvalue weighted by atomic mass is 35.5. The first-order valence-electron chi connectivity index (χ1n) is 6.81. The highest BCUT2D eigenvalue weighted by molar-refractivity contribution is 7.92. The molecule has 23 heavy (non-hydrogen) atoms. The van der Waals surface area contributed by atoms with Crippen molar-refractivity contribution < 1.29 is 13.2 Å². The minimum atomic E-state index is -3.77. The number of benzene rings is 2. The molecule has 0 bridgehead atoms. The van der Waals surface area contributed by atoms with Crippen LogP contribution in [0.5, 0.6) is 0 Å². The third-order valence-corrected chi connectivity index (χ3v) is 4.91. The number of anilines is 1. The smallest absolute Gasteiger partial charge is 0.261 e. The monoisotopic (exact) mass is 352 g/mol. The maximum absolute atomic E-state index is 12.4. The predicted molar refractivity (Wildman–Crippen MR) is 91.5 cm³/mol. The molecule has 0 spiro atoms. The quantitative estimate of drug-likeness (QED) is 0.919. The van der Waals surface area contributed by atoms with Gasteiger partial charge in [0, 0.05) is 19.7 Å². The lowest BCUT2D eigenvalue weighted by Crippen LogP contribution is -2.22. The van der Waals surface area contributed by atoms with Gasteiger partial charge in [0.15, 0.2) is 0 Å². The average Bonchev–Trinajstić information content (AvgIpc) is 2.49. The van der Waals surface area contributed by atoms with Crippen molar-refractivity contribution in [1.82, 2.24) is 4.90 Å². The van der Waals surface area contributed by atoms with Crippen molar-refractivity contribution in [3.8, 4) is 0 Å². The van der Waals surface area contributed by atoms with Crippen LogP contribution in [0.15, 0.2) is 47.4 Å². The molecule has 0 radical (unpaired) electrons. The van der Waals surface area contributed by atoms with E-state index in [1.165, 1.54) is 29.2 Å². The van der Waals surface area contributed by atoms with Gasteiger partial charge < -0.3 is 4.90 Å². The predicted octanol–water partition coefficient (Wildman–Crippen LogP) is 3.15. The second-order valence-corrected chi connectivity index (χ2v) is 7.40. The Kier molecular flexibility index (Phi) is 4.97. The lowest BCUT2D eigenvalue weighted by Gasteiger charge is -2.14. The van der Waals surface area contributed by atoms with E-state index in [-0.39, 0.29) is 21.5 Å². The van der Waals surface area contributed by atoms with Crippen molar-refractivity contribution in [3.05, 3.63) is 58.6 Å². The summed E-state index contributed by atoms with van der Waals surface area (Å²) in [5.41, 5.74) is 1.47. The third kappa shape index (κ3) is 4.03. The van der Waals surface area contributed by atoms with Crippen molar-refractivity contribution >= 4 is 33.2 Å². The summed E-state index contributed by atoms with van der Waals surface area (Å²) in [4.78, 5) is 13.5. The van der Waals surface area contributed by atoms with Gasteiger partial charge in [-0.2, -0.15) is 0 Å². The fourth-order valence-corrected chi connectivity index (χ4v) is 3.21. The van der Waals surface area contributed by atoms with Crippen molar-refractivity contribution in [1.29, 1.82) is 0 Å². The summed E-state index contributed by atoms with van der Waals surface area (Å²) in [7, 11) is -0.538. The van der Waals surface area contributed by atoms with Crippen LogP contribution in [0.4, 0.5) is 5.69 Å². The fraction of sp³-hybridized carbons (Fsp3) is 0.188. The molecule has 0 atom stereocenters. The van der Waals surface area contributed by atoms with Crippen LogP contribution in [-0.2, 0) is 10.0 Å². The summed E-state index contributed by atoms with van der Waals surface area (Å²) in [5, 5.41) is 0.219. The van der Waals surface area contributed by atoms with Crippen LogP contribution in [-0.4, -0.2) is 33.3 Å². The molecule has 0 fully saturated rings. The van der Waals surface area contributed by atoms with Crippen LogP contribution >= 0.6 is 11.6 Å². The standard InChI is InChI=1S/C16H17ClN2O3S/c1-11-4-7-13(8-5-11)23(21,22)18-15-10-12(6-9-14(15)17)16(20)19(2)3/h4-10,18H,1-3H3. The van der Waals surface area contributed by atoms with E-state index >= 15 is 0 Å². The van der Waals surface area contributed by atoms with Crippen LogP contribution in [0.25, 0.3) is 0 Å². The largest absolute Gasteiger partial charge is 0.345 e. The topological polar surface area (TPSA) is 66.5 Å². The van der Waals surface area contributed by atoms with Gasteiger partial charge in [-0.05, 0) is 37.3 Å². The zero-order chi connectivity index (χ0) is 17.2. The molecule has 0 aliphatic rings. The van der Waals surface area contributed by atoms with Crippen molar-refractivity contribution in [2.45, 2.75) is 11.8 Å². The Morgan fingerprint density at radius 1 is 1.09 bits per heavy atom. The molecule has 0 aromatic heterocycles. The molecule has 7 heteroatoms. The SMILES string of the molecule is Cc1ccc(S(=O)(=O)Nc2cc(C(=O)N(C)C)ccc2Cl)cc1. The van der Waals surface area contributed by atoms with Gasteiger partial charge in [0.1, 0.15) is 0 Å². The minimum absolute atomic E-state index is 0.128. The maximum atomic E-state index is 12.4. The summed E-state index contributed by atoms with van der Waals surface area (Å²) in [6.45, 7) is 1.87. The van der Waals surface area contributed by atoms with E-state index in [2.05, 4.69) is 4.72 Å². The van der Waals surface area contributed by atoms with Gasteiger partial charge in [-0.15, -0.1) is 0 Å². The zero-order valence-electron chi connectivity index (χ0n) is 13.0. The molecule has 1 N–H and O–H groups in total. The van der Waals surface area contributed by atoms with E-state index in [1.54, 1.807) is 32.3 Å². The summed E-state index contributed by atoms with van der Waals surface area (Å²) >= 11 is 6.05. The normalized spacial score (nSPS) is 11.1. The Labute approximate surface area is 140 Å². The Morgan fingerprint density at radius 3 is 2.26 bits per heavy atom. The Hall–Kier alpha value is -2.05. The Morgan fingerprint density at radius 2 is 1.70 bits per heavy atom. The number of carbonyl (C=O) groups excluding carboxylic acids is 1. The second-order valence-electron chi connectivity index (χ2n) is 5.31. The van der Waals surface area contributed by atoms with Crippen LogP contribution in [0.2, 0.25) is 5.02 Å². The number of halogens is 1. The summed E-state index contributed by atoms with van der Waals surface area (Å²) in [6.07, 6.45) is 0. The Bertz CT molecular complexity index is 831. The minimum Gasteiger partial charge on any atom is -0.345 e. The molecule has 0 aliphatic carbocycles. The number of amides is 1. The number of hydrogen-bond donors (Lipinski definition) is 1. The number of carbonyl (C=O) groups is 1. The first-order chi connectivity index (χ1) is 10.7. The van der Waals surface area contributed by atoms with Crippen molar-refractivity contribution in [2.24, 2.45) is 0 Å². The van der Waals surface area contributed by atoms with Gasteiger partial charge in [0.2, 0.25) is 0 Å². The van der Waals surface area contributed by atoms with E-state index in [9.17, 15) is 13.2 Å². The van der Waals surface area contributed by atoms with Gasteiger partial charge in [0.05, 0.1) is 15.6 Å². The van der Waals surface area contributed by atoms with Crippen LogP contribution < -0.4 is 4.72 Å². The number of rotatable bonds is 4. The highest BCUT2D eigenvalue weighted by Gasteiger charge is 2.17. The molecular formula is C16H17ClN2O3S. The first kappa shape index (κ1) is 17.3. The van der Waals surface area contributed by atoms with Gasteiger partial charge in [0.25, 0.3) is 15.9 Å². The summed E-state index contributed by atoms with van der Waals surface area (Å²) in [6, 6.07) is 10.9. The van der Waals surface area contributed by atoms with Gasteiger partial charge in [-0.25, -0.2) is 8.42 Å². The zero-order valence-corrected chi connectivity index (χ0v) is 14.6. The molecular weight excluding hydrogens is 336 g/mol. The molecule has 122 valence electrons. The number of sulfonamides is 1. The molecule has 1 amide bonds. The molecule has 0 unspecified atom stereocenters. The number of aryl methyl sites for hydroxylation is 1. The molecule has 5 nitrogen and oxygen atoms in total. The lowest BCUT2D eigenvalue weighted by atomic mass is 10.2. The molecule has 0 heterocycles. The van der Waals surface area contributed by atoms with Crippen molar-refractivity contribution in [3.63, 3.8) is 0 Å². The summed E-state index contributed by atoms with van der Waals surface area (Å²) in [5.74, 6) is -0.238. The average molecular weight is 353 g/mol. The second kappa shape index (κ2) is 6.60. The number of nitrogens with zero attached hydrogens (tertiary/aromatic N) is 1. The van der Waals surface area contributed by atoms with Gasteiger partial charge >= 0.3 is 0 Å². The van der Waals surface area contributed by atoms with Crippen LogP contribution in [0.1, 0.15) is 15.9 Å². The first-order valence-corrected chi connectivity index (χ1v) is 8.67. The lowest BCUT2D eigenvalue weighted by molar-refractivity contribution is 0.0827. The van der Waals surface area contributed by atoms with E-state index in [0.717, 1.165) is 5.56 Å². The number of nitrogens with one attached hydrogen (secondary N) is 1. The maximum Gasteiger partial charge on any atom is 0.261 e. The van der Waals surface area contributed by atoms with Crippen LogP contribution in [0.3, 0.4) is 0 Å². The van der Waals surface area contributed by atoms with Crippen molar-refractivity contribution in [2.75, 3.05) is 18.8 Å². The Balaban J connectivity index is 2.37. The highest BCUT2D eigenvalue weighted by Crippen LogP contribution is 2.26. The van der Waals surface area contributed by atoms with Gasteiger partial charge in [-0.1, -0.05) is 29.3 Å². The molecule has 2 rings (SSSR count). The number of hydrogen-bond acceptors (Lipinski definition) is 3. The van der Waals surface area contributed by atoms with E-state index in [4.69, 9.17) is 11.6 Å². The van der Waals surface area contributed by atoms with E-state index in [0.29, 0.717) is 5.56 Å².